The molecule has 7 unspecified atom stereocenters. The van der Waals surface area contributed by atoms with Crippen molar-refractivity contribution in [1.29, 1.82) is 0 Å². The van der Waals surface area contributed by atoms with Gasteiger partial charge in [-0.3, -0.25) is 4.79 Å². The summed E-state index contributed by atoms with van der Waals surface area (Å²) in [6.07, 6.45) is 26.6. The Morgan fingerprint density at radius 3 is 1.71 bits per heavy atom. The second-order valence-corrected chi connectivity index (χ2v) is 13.7. The first-order valence-corrected chi connectivity index (χ1v) is 19.6. The highest BCUT2D eigenvalue weighted by Crippen LogP contribution is 2.22. The molecule has 7 atom stereocenters. The maximum absolute atomic E-state index is 12.8. The number of hydrogen-bond donors (Lipinski definition) is 6. The molecule has 6 N–H and O–H groups in total. The Morgan fingerprint density at radius 2 is 1.17 bits per heavy atom. The maximum Gasteiger partial charge on any atom is 0.220 e. The van der Waals surface area contributed by atoms with Crippen LogP contribution in [0.15, 0.2) is 24.3 Å². The Bertz CT molecular complexity index is 807. The lowest BCUT2D eigenvalue weighted by molar-refractivity contribution is -0.302. The van der Waals surface area contributed by atoms with Crippen LogP contribution in [0.4, 0.5) is 0 Å². The third-order valence-corrected chi connectivity index (χ3v) is 9.27. The number of hydrogen-bond acceptors (Lipinski definition) is 8. The zero-order valence-electron chi connectivity index (χ0n) is 30.5. The highest BCUT2D eigenvalue weighted by atomic mass is 16.7. The van der Waals surface area contributed by atoms with E-state index in [1.807, 2.05) is 6.08 Å². The molecule has 1 heterocycles. The van der Waals surface area contributed by atoms with Crippen LogP contribution < -0.4 is 5.32 Å². The fourth-order valence-electron chi connectivity index (χ4n) is 6.04. The number of ether oxygens (including phenoxy) is 2. The van der Waals surface area contributed by atoms with E-state index in [-0.39, 0.29) is 12.5 Å². The lowest BCUT2D eigenvalue weighted by atomic mass is 9.99. The molecule has 0 aromatic carbocycles. The van der Waals surface area contributed by atoms with Gasteiger partial charge in [0.05, 0.1) is 25.4 Å². The Morgan fingerprint density at radius 1 is 0.688 bits per heavy atom. The van der Waals surface area contributed by atoms with Crippen LogP contribution in [0.3, 0.4) is 0 Å². The summed E-state index contributed by atoms with van der Waals surface area (Å²) in [6.45, 7) is 3.69. The summed E-state index contributed by atoms with van der Waals surface area (Å²) in [5.74, 6) is -0.215. The fourth-order valence-corrected chi connectivity index (χ4v) is 6.04. The van der Waals surface area contributed by atoms with Gasteiger partial charge in [0.2, 0.25) is 5.91 Å². The summed E-state index contributed by atoms with van der Waals surface area (Å²) in [4.78, 5) is 12.8. The molecule has 0 aliphatic carbocycles. The number of carbonyl (C=O) groups is 1. The van der Waals surface area contributed by atoms with E-state index < -0.39 is 49.5 Å². The minimum atomic E-state index is -1.57. The topological polar surface area (TPSA) is 149 Å². The van der Waals surface area contributed by atoms with E-state index in [0.717, 1.165) is 32.1 Å². The van der Waals surface area contributed by atoms with E-state index >= 15 is 0 Å². The van der Waals surface area contributed by atoms with Gasteiger partial charge in [0.1, 0.15) is 24.4 Å². The SMILES string of the molecule is CCCCCC/C=C\CCCC(=O)NC(COC1OC(CO)C(O)C(O)C1O)C(O)/C=C/CCCCCCCCCCCCCCCC. The second-order valence-electron chi connectivity index (χ2n) is 13.7. The number of nitrogens with one attached hydrogen (secondary N) is 1. The second kappa shape index (κ2) is 30.5. The predicted molar refractivity (Wildman–Crippen MR) is 193 cm³/mol. The summed E-state index contributed by atoms with van der Waals surface area (Å²) in [5, 5.41) is 53.8. The number of aliphatic hydroxyl groups excluding tert-OH is 5. The molecule has 0 radical (unpaired) electrons. The predicted octanol–water partition coefficient (Wildman–Crippen LogP) is 6.77. The van der Waals surface area contributed by atoms with Gasteiger partial charge in [-0.2, -0.15) is 0 Å². The summed E-state index contributed by atoms with van der Waals surface area (Å²) >= 11 is 0. The van der Waals surface area contributed by atoms with Crippen LogP contribution in [0.5, 0.6) is 0 Å². The molecule has 1 aliphatic rings. The molecule has 0 aromatic rings. The minimum absolute atomic E-state index is 0.198. The highest BCUT2D eigenvalue weighted by molar-refractivity contribution is 5.76. The molecular formula is C39H73NO8. The van der Waals surface area contributed by atoms with Gasteiger partial charge >= 0.3 is 0 Å². The van der Waals surface area contributed by atoms with Crippen molar-refractivity contribution in [1.82, 2.24) is 5.32 Å². The first-order valence-electron chi connectivity index (χ1n) is 19.6. The average molecular weight is 684 g/mol. The Kier molecular flexibility index (Phi) is 28.4. The van der Waals surface area contributed by atoms with Gasteiger partial charge in [-0.05, 0) is 38.5 Å². The summed E-state index contributed by atoms with van der Waals surface area (Å²) < 4.78 is 11.1. The van der Waals surface area contributed by atoms with Crippen LogP contribution >= 0.6 is 0 Å². The fraction of sp³-hybridized carbons (Fsp3) is 0.872. The highest BCUT2D eigenvalue weighted by Gasteiger charge is 2.44. The van der Waals surface area contributed by atoms with E-state index in [1.165, 1.54) is 103 Å². The summed E-state index contributed by atoms with van der Waals surface area (Å²) in [5.41, 5.74) is 0. The normalized spacial score (nSPS) is 22.9. The number of amides is 1. The van der Waals surface area contributed by atoms with E-state index in [0.29, 0.717) is 12.8 Å². The van der Waals surface area contributed by atoms with Crippen molar-refractivity contribution in [2.75, 3.05) is 13.2 Å². The van der Waals surface area contributed by atoms with Crippen molar-refractivity contribution in [2.45, 2.75) is 204 Å². The number of aliphatic hydroxyl groups is 5. The van der Waals surface area contributed by atoms with Crippen LogP contribution in [0, 0.1) is 0 Å². The molecule has 9 nitrogen and oxygen atoms in total. The quantitative estimate of drug-likeness (QED) is 0.0346. The monoisotopic (exact) mass is 684 g/mol. The Labute approximate surface area is 292 Å². The average Bonchev–Trinajstić information content (AvgIpc) is 3.08. The molecule has 1 fully saturated rings. The molecule has 0 aromatic heterocycles. The molecule has 282 valence electrons. The molecular weight excluding hydrogens is 610 g/mol. The van der Waals surface area contributed by atoms with Crippen molar-refractivity contribution in [2.24, 2.45) is 0 Å². The molecule has 1 aliphatic heterocycles. The number of allylic oxidation sites excluding steroid dienone is 3. The van der Waals surface area contributed by atoms with E-state index in [4.69, 9.17) is 9.47 Å². The third kappa shape index (κ3) is 21.7. The van der Waals surface area contributed by atoms with Crippen LogP contribution in [0.25, 0.3) is 0 Å². The van der Waals surface area contributed by atoms with E-state index in [2.05, 4.69) is 31.3 Å². The molecule has 1 rings (SSSR count). The number of carbonyl (C=O) groups excluding carboxylic acids is 1. The van der Waals surface area contributed by atoms with Crippen LogP contribution in [0.2, 0.25) is 0 Å². The first kappa shape index (κ1) is 44.7. The molecule has 0 saturated carbocycles. The van der Waals surface area contributed by atoms with Gasteiger partial charge in [0.25, 0.3) is 0 Å². The van der Waals surface area contributed by atoms with Gasteiger partial charge in [-0.1, -0.05) is 141 Å². The van der Waals surface area contributed by atoms with Crippen molar-refractivity contribution in [3.63, 3.8) is 0 Å². The van der Waals surface area contributed by atoms with E-state index in [1.54, 1.807) is 6.08 Å². The number of unbranched alkanes of at least 4 members (excludes halogenated alkanes) is 19. The largest absolute Gasteiger partial charge is 0.394 e. The molecule has 1 saturated heterocycles. The molecule has 9 heteroatoms. The van der Waals surface area contributed by atoms with E-state index in [9.17, 15) is 30.3 Å². The molecule has 1 amide bonds. The Hall–Kier alpha value is -1.33. The zero-order valence-corrected chi connectivity index (χ0v) is 30.5. The summed E-state index contributed by atoms with van der Waals surface area (Å²) in [7, 11) is 0. The van der Waals surface area contributed by atoms with Crippen molar-refractivity contribution in [3.8, 4) is 0 Å². The lowest BCUT2D eigenvalue weighted by Crippen LogP contribution is -2.60. The van der Waals surface area contributed by atoms with Gasteiger partial charge in [-0.15, -0.1) is 0 Å². The van der Waals surface area contributed by atoms with Crippen molar-refractivity contribution >= 4 is 5.91 Å². The van der Waals surface area contributed by atoms with Crippen molar-refractivity contribution < 1.29 is 39.8 Å². The van der Waals surface area contributed by atoms with Gasteiger partial charge in [0, 0.05) is 6.42 Å². The van der Waals surface area contributed by atoms with Crippen LogP contribution in [-0.4, -0.2) is 87.5 Å². The lowest BCUT2D eigenvalue weighted by Gasteiger charge is -2.40. The van der Waals surface area contributed by atoms with Gasteiger partial charge in [-0.25, -0.2) is 0 Å². The smallest absolute Gasteiger partial charge is 0.220 e. The van der Waals surface area contributed by atoms with Gasteiger partial charge < -0.3 is 40.3 Å². The van der Waals surface area contributed by atoms with Crippen LogP contribution in [-0.2, 0) is 14.3 Å². The molecule has 48 heavy (non-hydrogen) atoms. The Balaban J connectivity index is 2.44. The molecule has 0 bridgehead atoms. The van der Waals surface area contributed by atoms with Crippen molar-refractivity contribution in [3.05, 3.63) is 24.3 Å². The summed E-state index contributed by atoms with van der Waals surface area (Å²) in [6, 6.07) is -0.813. The zero-order chi connectivity index (χ0) is 35.2. The molecule has 0 spiro atoms. The van der Waals surface area contributed by atoms with Crippen LogP contribution in [0.1, 0.15) is 162 Å². The van der Waals surface area contributed by atoms with Gasteiger partial charge in [0.15, 0.2) is 6.29 Å². The number of rotatable bonds is 31. The minimum Gasteiger partial charge on any atom is -0.394 e. The standard InChI is InChI=1S/C39H73NO8/c1-3-5-7-9-11-13-14-15-16-17-18-19-21-22-24-26-28-33(42)32(31-47-39-38(46)37(45)36(44)34(30-41)48-39)40-35(43)29-27-25-23-20-12-10-8-6-4-2/h20,23,26,28,32-34,36-39,41-42,44-46H,3-19,21-22,24-25,27,29-31H2,1-2H3,(H,40,43)/b23-20-,28-26+. The maximum atomic E-state index is 12.8. The first-order chi connectivity index (χ1) is 23.3. The third-order valence-electron chi connectivity index (χ3n) is 9.27.